The van der Waals surface area contributed by atoms with Crippen LogP contribution in [-0.4, -0.2) is 31.3 Å². The van der Waals surface area contributed by atoms with Crippen molar-refractivity contribution < 1.29 is 18.3 Å². The van der Waals surface area contributed by atoms with E-state index in [1.165, 1.54) is 6.07 Å². The molecule has 2 N–H and O–H groups in total. The minimum absolute atomic E-state index is 0.233. The van der Waals surface area contributed by atoms with E-state index in [-0.39, 0.29) is 6.42 Å². The molecule has 0 saturated heterocycles. The van der Waals surface area contributed by atoms with Crippen LogP contribution in [0.15, 0.2) is 0 Å². The minimum Gasteiger partial charge on any atom is -0.480 e. The molecule has 0 bridgehead atoms. The zero-order chi connectivity index (χ0) is 11.9. The minimum atomic E-state index is -3.80. The Morgan fingerprint density at radius 1 is 1.60 bits per heavy atom. The topological polar surface area (TPSA) is 107 Å². The van der Waals surface area contributed by atoms with Gasteiger partial charge in [0, 0.05) is 0 Å². The van der Waals surface area contributed by atoms with Gasteiger partial charge in [-0.05, 0) is 6.42 Å². The van der Waals surface area contributed by atoms with Crippen LogP contribution in [0, 0.1) is 11.3 Å². The Bertz CT molecular complexity index is 344. The standard InChI is InChI=1S/C8H14N2O4S/c1-2-3-4-7(8(11)12)10-15(13,14)6-5-9/h7,10H,2-4,6H2,1H3,(H,11,12)/t7-/m0/s1. The SMILES string of the molecule is CCCC[C@H](NS(=O)(=O)CC#N)C(=O)O. The van der Waals surface area contributed by atoms with Gasteiger partial charge >= 0.3 is 5.97 Å². The molecule has 0 rings (SSSR count). The first-order valence-electron chi connectivity index (χ1n) is 4.52. The van der Waals surface area contributed by atoms with Crippen molar-refractivity contribution in [2.45, 2.75) is 32.2 Å². The van der Waals surface area contributed by atoms with E-state index in [9.17, 15) is 13.2 Å². The van der Waals surface area contributed by atoms with Gasteiger partial charge in [-0.25, -0.2) is 13.1 Å². The molecule has 15 heavy (non-hydrogen) atoms. The van der Waals surface area contributed by atoms with Crippen LogP contribution in [0.25, 0.3) is 0 Å². The molecule has 0 aliphatic heterocycles. The first kappa shape index (κ1) is 13.9. The molecule has 0 aromatic heterocycles. The monoisotopic (exact) mass is 234 g/mol. The molecule has 0 radical (unpaired) electrons. The van der Waals surface area contributed by atoms with Gasteiger partial charge in [0.1, 0.15) is 6.04 Å². The maximum absolute atomic E-state index is 11.1. The van der Waals surface area contributed by atoms with Crippen molar-refractivity contribution in [2.75, 3.05) is 5.75 Å². The Morgan fingerprint density at radius 2 is 2.20 bits per heavy atom. The summed E-state index contributed by atoms with van der Waals surface area (Å²) in [5, 5.41) is 16.9. The van der Waals surface area contributed by atoms with Crippen LogP contribution < -0.4 is 4.72 Å². The highest BCUT2D eigenvalue weighted by Gasteiger charge is 2.22. The molecule has 0 amide bonds. The first-order valence-corrected chi connectivity index (χ1v) is 6.18. The lowest BCUT2D eigenvalue weighted by molar-refractivity contribution is -0.139. The molecule has 0 aliphatic carbocycles. The molecule has 0 fully saturated rings. The summed E-state index contributed by atoms with van der Waals surface area (Å²) in [5.41, 5.74) is 0. The van der Waals surface area contributed by atoms with E-state index in [1.807, 2.05) is 11.6 Å². The highest BCUT2D eigenvalue weighted by molar-refractivity contribution is 7.89. The second-order valence-corrected chi connectivity index (χ2v) is 4.82. The molecule has 0 saturated carbocycles. The van der Waals surface area contributed by atoms with Crippen LogP contribution in [0.2, 0.25) is 0 Å². The Labute approximate surface area is 89.0 Å². The van der Waals surface area contributed by atoms with Crippen molar-refractivity contribution in [3.8, 4) is 6.07 Å². The van der Waals surface area contributed by atoms with Gasteiger partial charge in [-0.3, -0.25) is 4.79 Å². The van der Waals surface area contributed by atoms with Crippen molar-refractivity contribution in [3.63, 3.8) is 0 Å². The molecular formula is C8H14N2O4S. The molecule has 86 valence electrons. The van der Waals surface area contributed by atoms with E-state index in [1.54, 1.807) is 0 Å². The number of carboxylic acids is 1. The lowest BCUT2D eigenvalue weighted by Crippen LogP contribution is -2.41. The molecule has 0 spiro atoms. The zero-order valence-electron chi connectivity index (χ0n) is 8.43. The molecule has 7 heteroatoms. The molecule has 0 unspecified atom stereocenters. The summed E-state index contributed by atoms with van der Waals surface area (Å²) in [6, 6.07) is 0.329. The summed E-state index contributed by atoms with van der Waals surface area (Å²) >= 11 is 0. The normalized spacial score (nSPS) is 13.1. The molecule has 0 heterocycles. The number of hydrogen-bond donors (Lipinski definition) is 2. The van der Waals surface area contributed by atoms with E-state index in [0.29, 0.717) is 6.42 Å². The average molecular weight is 234 g/mol. The fraction of sp³-hybridized carbons (Fsp3) is 0.750. The zero-order valence-corrected chi connectivity index (χ0v) is 9.25. The largest absolute Gasteiger partial charge is 0.480 e. The number of carboxylic acid groups (broad SMARTS) is 1. The van der Waals surface area contributed by atoms with Crippen LogP contribution >= 0.6 is 0 Å². The summed E-state index contributed by atoms with van der Waals surface area (Å²) in [5.74, 6) is -1.94. The summed E-state index contributed by atoms with van der Waals surface area (Å²) in [6.07, 6.45) is 1.63. The molecule has 6 nitrogen and oxygen atoms in total. The Morgan fingerprint density at radius 3 is 2.60 bits per heavy atom. The maximum atomic E-state index is 11.1. The smallest absolute Gasteiger partial charge is 0.321 e. The van der Waals surface area contributed by atoms with Crippen LogP contribution in [0.4, 0.5) is 0 Å². The van der Waals surface area contributed by atoms with Crippen molar-refractivity contribution >= 4 is 16.0 Å². The summed E-state index contributed by atoms with van der Waals surface area (Å²) in [7, 11) is -3.80. The molecule has 1 atom stereocenters. The van der Waals surface area contributed by atoms with E-state index in [0.717, 1.165) is 6.42 Å². The van der Waals surface area contributed by atoms with Gasteiger partial charge in [-0.2, -0.15) is 5.26 Å². The Hall–Kier alpha value is -1.13. The van der Waals surface area contributed by atoms with Crippen molar-refractivity contribution in [1.29, 1.82) is 5.26 Å². The molecule has 0 aromatic rings. The van der Waals surface area contributed by atoms with Gasteiger partial charge in [-0.1, -0.05) is 19.8 Å². The summed E-state index contributed by atoms with van der Waals surface area (Å²) < 4.78 is 24.2. The van der Waals surface area contributed by atoms with Crippen molar-refractivity contribution in [2.24, 2.45) is 0 Å². The van der Waals surface area contributed by atoms with Gasteiger partial charge in [0.05, 0.1) is 6.07 Å². The van der Waals surface area contributed by atoms with Gasteiger partial charge in [0.2, 0.25) is 10.0 Å². The number of hydrogen-bond acceptors (Lipinski definition) is 4. The summed E-state index contributed by atoms with van der Waals surface area (Å²) in [6.45, 7) is 1.88. The van der Waals surface area contributed by atoms with Gasteiger partial charge in [-0.15, -0.1) is 0 Å². The van der Waals surface area contributed by atoms with Gasteiger partial charge in [0.15, 0.2) is 5.75 Å². The average Bonchev–Trinajstić information content (AvgIpc) is 2.11. The second kappa shape index (κ2) is 6.37. The number of aliphatic carboxylic acids is 1. The lowest BCUT2D eigenvalue weighted by atomic mass is 10.1. The predicted molar refractivity (Wildman–Crippen MR) is 53.5 cm³/mol. The third-order valence-corrected chi connectivity index (χ3v) is 2.87. The van der Waals surface area contributed by atoms with Crippen LogP contribution in [0.3, 0.4) is 0 Å². The highest BCUT2D eigenvalue weighted by Crippen LogP contribution is 2.02. The lowest BCUT2D eigenvalue weighted by Gasteiger charge is -2.12. The van der Waals surface area contributed by atoms with Crippen molar-refractivity contribution in [3.05, 3.63) is 0 Å². The van der Waals surface area contributed by atoms with Crippen LogP contribution in [0.5, 0.6) is 0 Å². The number of sulfonamides is 1. The molecule has 0 aliphatic rings. The van der Waals surface area contributed by atoms with E-state index < -0.39 is 27.8 Å². The third-order valence-electron chi connectivity index (χ3n) is 1.72. The maximum Gasteiger partial charge on any atom is 0.321 e. The number of nitrogens with zero attached hydrogens (tertiary/aromatic N) is 1. The number of nitrogens with one attached hydrogen (secondary N) is 1. The fourth-order valence-electron chi connectivity index (χ4n) is 0.984. The van der Waals surface area contributed by atoms with Crippen LogP contribution in [0.1, 0.15) is 26.2 Å². The fourth-order valence-corrected chi connectivity index (χ4v) is 1.89. The number of rotatable bonds is 7. The van der Waals surface area contributed by atoms with Gasteiger partial charge in [0.25, 0.3) is 0 Å². The Balaban J connectivity index is 4.42. The number of carbonyl (C=O) groups is 1. The first-order chi connectivity index (χ1) is 6.93. The van der Waals surface area contributed by atoms with E-state index in [4.69, 9.17) is 10.4 Å². The van der Waals surface area contributed by atoms with Crippen LogP contribution in [-0.2, 0) is 14.8 Å². The number of nitriles is 1. The highest BCUT2D eigenvalue weighted by atomic mass is 32.2. The molecule has 0 aromatic carbocycles. The molecular weight excluding hydrogens is 220 g/mol. The number of unbranched alkanes of at least 4 members (excludes halogenated alkanes) is 1. The van der Waals surface area contributed by atoms with E-state index in [2.05, 4.69) is 0 Å². The second-order valence-electron chi connectivity index (χ2n) is 3.07. The van der Waals surface area contributed by atoms with E-state index >= 15 is 0 Å². The third kappa shape index (κ3) is 6.04. The van der Waals surface area contributed by atoms with Gasteiger partial charge < -0.3 is 5.11 Å². The Kier molecular flexibility index (Phi) is 5.89. The van der Waals surface area contributed by atoms with Crippen molar-refractivity contribution in [1.82, 2.24) is 4.72 Å². The quantitative estimate of drug-likeness (QED) is 0.648. The predicted octanol–water partition coefficient (Wildman–Crippen LogP) is 0.0728. The summed E-state index contributed by atoms with van der Waals surface area (Å²) in [4.78, 5) is 10.7.